The van der Waals surface area contributed by atoms with Gasteiger partial charge in [-0.2, -0.15) is 0 Å². The van der Waals surface area contributed by atoms with Crippen LogP contribution in [0.3, 0.4) is 0 Å². The van der Waals surface area contributed by atoms with E-state index in [9.17, 15) is 24.0 Å². The van der Waals surface area contributed by atoms with Gasteiger partial charge < -0.3 is 40.1 Å². The minimum atomic E-state index is -1.02. The summed E-state index contributed by atoms with van der Waals surface area (Å²) in [5, 5.41) is 2.75. The van der Waals surface area contributed by atoms with Gasteiger partial charge in [0.25, 0.3) is 23.6 Å². The Labute approximate surface area is 364 Å². The van der Waals surface area contributed by atoms with Crippen LogP contribution < -0.4 is 30.3 Å². The predicted molar refractivity (Wildman–Crippen MR) is 241 cm³/mol. The number of amides is 5. The molecule has 2 aliphatic carbocycles. The SMILES string of the molecule is CC(=O)NCCN1C(=O)C(C)(C)Oc2cc(C)c(C(=O)N(C(C)C)C3CCCCC3)cc21.Cc1cc2c(cc1C(=O)N(C(C)C)C1CCCCC1)N(CCN)C(=O)C(C)(C)O2. The molecule has 2 fully saturated rings. The molecular formula is C48H72N6O7. The van der Waals surface area contributed by atoms with E-state index < -0.39 is 11.2 Å². The van der Waals surface area contributed by atoms with Crippen molar-refractivity contribution in [2.24, 2.45) is 5.73 Å². The quantitative estimate of drug-likeness (QED) is 0.236. The van der Waals surface area contributed by atoms with Gasteiger partial charge in [0.15, 0.2) is 11.2 Å². The van der Waals surface area contributed by atoms with Crippen molar-refractivity contribution >= 4 is 40.9 Å². The monoisotopic (exact) mass is 845 g/mol. The second kappa shape index (κ2) is 19.6. The zero-order chi connectivity index (χ0) is 45.0. The molecule has 4 aliphatic rings. The van der Waals surface area contributed by atoms with Crippen molar-refractivity contribution in [3.63, 3.8) is 0 Å². The Balaban J connectivity index is 0.000000232. The zero-order valence-corrected chi connectivity index (χ0v) is 38.7. The van der Waals surface area contributed by atoms with E-state index >= 15 is 0 Å². The average Bonchev–Trinajstić information content (AvgIpc) is 3.18. The van der Waals surface area contributed by atoms with Crippen LogP contribution in [0.25, 0.3) is 0 Å². The van der Waals surface area contributed by atoms with Gasteiger partial charge in [0.2, 0.25) is 5.91 Å². The van der Waals surface area contributed by atoms with E-state index in [4.69, 9.17) is 15.2 Å². The molecule has 2 aromatic rings. The van der Waals surface area contributed by atoms with E-state index in [0.717, 1.165) is 49.7 Å². The molecule has 6 rings (SSSR count). The second-order valence-electron chi connectivity index (χ2n) is 18.9. The van der Waals surface area contributed by atoms with Gasteiger partial charge in [-0.05, 0) is 130 Å². The third-order valence-electron chi connectivity index (χ3n) is 12.5. The summed E-state index contributed by atoms with van der Waals surface area (Å²) in [6, 6.07) is 8.12. The minimum absolute atomic E-state index is 0.00583. The van der Waals surface area contributed by atoms with Crippen LogP contribution in [0.2, 0.25) is 0 Å². The van der Waals surface area contributed by atoms with Crippen molar-refractivity contribution < 1.29 is 33.4 Å². The number of carbonyl (C=O) groups excluding carboxylic acids is 5. The van der Waals surface area contributed by atoms with Crippen LogP contribution in [0.4, 0.5) is 11.4 Å². The van der Waals surface area contributed by atoms with E-state index in [2.05, 4.69) is 33.0 Å². The van der Waals surface area contributed by atoms with Gasteiger partial charge >= 0.3 is 0 Å². The number of nitrogens with two attached hydrogens (primary N) is 1. The summed E-state index contributed by atoms with van der Waals surface area (Å²) >= 11 is 0. The van der Waals surface area contributed by atoms with Gasteiger partial charge in [-0.25, -0.2) is 0 Å². The molecule has 5 amide bonds. The van der Waals surface area contributed by atoms with Gasteiger partial charge in [0, 0.05) is 68.4 Å². The fourth-order valence-corrected chi connectivity index (χ4v) is 9.45. The molecule has 13 nitrogen and oxygen atoms in total. The van der Waals surface area contributed by atoms with Crippen molar-refractivity contribution in [1.29, 1.82) is 0 Å². The second-order valence-corrected chi connectivity index (χ2v) is 18.9. The summed E-state index contributed by atoms with van der Waals surface area (Å²) in [6.07, 6.45) is 11.3. The van der Waals surface area contributed by atoms with Gasteiger partial charge in [-0.3, -0.25) is 24.0 Å². The van der Waals surface area contributed by atoms with E-state index in [1.54, 1.807) is 43.6 Å². The van der Waals surface area contributed by atoms with Crippen LogP contribution in [-0.2, 0) is 14.4 Å². The molecule has 336 valence electrons. The lowest BCUT2D eigenvalue weighted by Crippen LogP contribution is -2.54. The number of anilines is 2. The Bertz CT molecular complexity index is 1950. The topological polar surface area (TPSA) is 155 Å². The van der Waals surface area contributed by atoms with Crippen molar-refractivity contribution in [3.8, 4) is 11.5 Å². The van der Waals surface area contributed by atoms with Crippen molar-refractivity contribution in [1.82, 2.24) is 15.1 Å². The third kappa shape index (κ3) is 10.5. The summed E-state index contributed by atoms with van der Waals surface area (Å²) in [6.45, 7) is 22.0. The van der Waals surface area contributed by atoms with Crippen molar-refractivity contribution in [2.45, 2.75) is 176 Å². The molecule has 0 atom stereocenters. The lowest BCUT2D eigenvalue weighted by atomic mass is 9.92. The number of aryl methyl sites for hydroxylation is 2. The number of benzene rings is 2. The fourth-order valence-electron chi connectivity index (χ4n) is 9.45. The van der Waals surface area contributed by atoms with E-state index in [1.807, 2.05) is 41.8 Å². The molecule has 0 aromatic heterocycles. The maximum atomic E-state index is 13.7. The lowest BCUT2D eigenvalue weighted by molar-refractivity contribution is -0.133. The molecule has 61 heavy (non-hydrogen) atoms. The molecule has 2 saturated carbocycles. The minimum Gasteiger partial charge on any atom is -0.476 e. The van der Waals surface area contributed by atoms with Gasteiger partial charge in [-0.15, -0.1) is 0 Å². The molecule has 13 heteroatoms. The number of rotatable bonds is 11. The van der Waals surface area contributed by atoms with Crippen LogP contribution in [-0.4, -0.2) is 101 Å². The third-order valence-corrected chi connectivity index (χ3v) is 12.5. The van der Waals surface area contributed by atoms with Gasteiger partial charge in [0.05, 0.1) is 11.4 Å². The number of hydrogen-bond donors (Lipinski definition) is 2. The molecule has 0 spiro atoms. The first-order valence-electron chi connectivity index (χ1n) is 22.6. The maximum Gasteiger partial charge on any atom is 0.270 e. The summed E-state index contributed by atoms with van der Waals surface area (Å²) in [7, 11) is 0. The lowest BCUT2D eigenvalue weighted by Gasteiger charge is -2.40. The van der Waals surface area contributed by atoms with E-state index in [1.165, 1.54) is 32.6 Å². The smallest absolute Gasteiger partial charge is 0.270 e. The van der Waals surface area contributed by atoms with Crippen LogP contribution in [0.15, 0.2) is 24.3 Å². The predicted octanol–water partition coefficient (Wildman–Crippen LogP) is 7.46. The highest BCUT2D eigenvalue weighted by Crippen LogP contribution is 2.42. The largest absolute Gasteiger partial charge is 0.476 e. The summed E-state index contributed by atoms with van der Waals surface area (Å²) in [5.74, 6) is 0.788. The normalized spacial score (nSPS) is 18.7. The zero-order valence-electron chi connectivity index (χ0n) is 38.7. The van der Waals surface area contributed by atoms with Crippen LogP contribution >= 0.6 is 0 Å². The van der Waals surface area contributed by atoms with Crippen molar-refractivity contribution in [2.75, 3.05) is 36.0 Å². The summed E-state index contributed by atoms with van der Waals surface area (Å²) in [5.41, 5.74) is 7.97. The number of carbonyl (C=O) groups is 5. The van der Waals surface area contributed by atoms with Crippen molar-refractivity contribution in [3.05, 3.63) is 46.5 Å². The number of fused-ring (bicyclic) bond motifs is 2. The number of hydrogen-bond acceptors (Lipinski definition) is 8. The Morgan fingerprint density at radius 1 is 0.689 bits per heavy atom. The fraction of sp³-hybridized carbons (Fsp3) is 0.646. The molecule has 2 aliphatic heterocycles. The van der Waals surface area contributed by atoms with Gasteiger partial charge in [0.1, 0.15) is 11.5 Å². The van der Waals surface area contributed by atoms with Crippen LogP contribution in [0.5, 0.6) is 11.5 Å². The molecule has 2 heterocycles. The standard InChI is InChI=1S/C25H37N3O4.C23H35N3O3/c1-16(2)28(19-10-8-7-9-11-19)23(30)20-15-21-22(14-17(20)3)32-25(5,6)24(31)27(21)13-12-26-18(4)29;1-15(2)26(17-9-7-6-8-10-17)21(27)18-14-19-20(13-16(18)3)29-23(4,5)22(28)25(19)12-11-24/h14-16,19H,7-13H2,1-6H3,(H,26,29);13-15,17H,6-12,24H2,1-5H3. The molecule has 2 aromatic carbocycles. The van der Waals surface area contributed by atoms with Gasteiger partial charge in [-0.1, -0.05) is 38.5 Å². The van der Waals surface area contributed by atoms with E-state index in [0.29, 0.717) is 60.2 Å². The first-order chi connectivity index (χ1) is 28.7. The summed E-state index contributed by atoms with van der Waals surface area (Å²) < 4.78 is 12.0. The summed E-state index contributed by atoms with van der Waals surface area (Å²) in [4.78, 5) is 72.1. The van der Waals surface area contributed by atoms with Crippen LogP contribution in [0.1, 0.15) is 158 Å². The number of nitrogens with zero attached hydrogens (tertiary/aromatic N) is 4. The number of ether oxygens (including phenoxy) is 2. The first-order valence-corrected chi connectivity index (χ1v) is 22.6. The molecule has 0 radical (unpaired) electrons. The highest BCUT2D eigenvalue weighted by atomic mass is 16.5. The Hall–Kier alpha value is -4.65. The first kappa shape index (κ1) is 47.4. The highest BCUT2D eigenvalue weighted by Gasteiger charge is 2.43. The Morgan fingerprint density at radius 2 is 1.07 bits per heavy atom. The Kier molecular flexibility index (Phi) is 15.2. The molecule has 3 N–H and O–H groups in total. The number of nitrogens with one attached hydrogen (secondary N) is 1. The molecule has 0 saturated heterocycles. The Morgan fingerprint density at radius 3 is 1.41 bits per heavy atom. The van der Waals surface area contributed by atoms with Crippen LogP contribution in [0, 0.1) is 13.8 Å². The molecular weight excluding hydrogens is 773 g/mol. The molecule has 0 unspecified atom stereocenters. The highest BCUT2D eigenvalue weighted by molar-refractivity contribution is 6.06. The van der Waals surface area contributed by atoms with E-state index in [-0.39, 0.29) is 53.7 Å². The molecule has 0 bridgehead atoms. The maximum absolute atomic E-state index is 13.7. The average molecular weight is 845 g/mol.